The summed E-state index contributed by atoms with van der Waals surface area (Å²) in [6.07, 6.45) is 0.617. The van der Waals surface area contributed by atoms with Crippen molar-refractivity contribution in [2.75, 3.05) is 40.0 Å². The van der Waals surface area contributed by atoms with E-state index >= 15 is 0 Å². The second-order valence-electron chi connectivity index (χ2n) is 3.89. The van der Waals surface area contributed by atoms with Gasteiger partial charge in [-0.3, -0.25) is 9.59 Å². The highest BCUT2D eigenvalue weighted by Gasteiger charge is 2.30. The maximum Gasteiger partial charge on any atom is 0.245 e. The van der Waals surface area contributed by atoms with Gasteiger partial charge in [-0.2, -0.15) is 0 Å². The Hall–Kier alpha value is -1.14. The van der Waals surface area contributed by atoms with E-state index in [1.54, 1.807) is 12.0 Å². The first-order valence-electron chi connectivity index (χ1n) is 5.83. The molecule has 1 heterocycles. The van der Waals surface area contributed by atoms with Gasteiger partial charge in [0.1, 0.15) is 6.04 Å². The fourth-order valence-electron chi connectivity index (χ4n) is 1.66. The summed E-state index contributed by atoms with van der Waals surface area (Å²) in [6, 6.07) is -0.379. The van der Waals surface area contributed by atoms with E-state index in [4.69, 9.17) is 9.47 Å². The van der Waals surface area contributed by atoms with E-state index in [9.17, 15) is 9.59 Å². The van der Waals surface area contributed by atoms with Crippen LogP contribution in [0.4, 0.5) is 0 Å². The molecule has 0 spiro atoms. The van der Waals surface area contributed by atoms with Crippen LogP contribution in [0.3, 0.4) is 0 Å². The molecule has 1 aliphatic heterocycles. The molecular weight excluding hydrogens is 224 g/mol. The minimum atomic E-state index is -0.379. The number of carbonyl (C=O) groups excluding carboxylic acids is 2. The third kappa shape index (κ3) is 4.32. The monoisotopic (exact) mass is 244 g/mol. The number of piperazine rings is 1. The molecule has 1 atom stereocenters. The predicted octanol–water partition coefficient (Wildman–Crippen LogP) is -0.614. The molecule has 0 aromatic heterocycles. The first kappa shape index (κ1) is 13.9. The zero-order valence-electron chi connectivity index (χ0n) is 10.4. The molecule has 1 N–H and O–H groups in total. The summed E-state index contributed by atoms with van der Waals surface area (Å²) in [5.41, 5.74) is 0. The summed E-state index contributed by atoms with van der Waals surface area (Å²) in [7, 11) is 1.60. The van der Waals surface area contributed by atoms with Crippen LogP contribution in [0, 0.1) is 0 Å². The van der Waals surface area contributed by atoms with Gasteiger partial charge in [-0.1, -0.05) is 6.92 Å². The van der Waals surface area contributed by atoms with Crippen LogP contribution < -0.4 is 5.32 Å². The van der Waals surface area contributed by atoms with Crippen LogP contribution in [0.2, 0.25) is 0 Å². The van der Waals surface area contributed by atoms with Gasteiger partial charge in [0, 0.05) is 13.7 Å². The van der Waals surface area contributed by atoms with E-state index in [0.717, 1.165) is 0 Å². The van der Waals surface area contributed by atoms with Crippen LogP contribution in [0.1, 0.15) is 13.3 Å². The molecule has 98 valence electrons. The second kappa shape index (κ2) is 7.24. The van der Waals surface area contributed by atoms with Gasteiger partial charge in [-0.15, -0.1) is 0 Å². The zero-order valence-corrected chi connectivity index (χ0v) is 10.4. The highest BCUT2D eigenvalue weighted by atomic mass is 16.5. The lowest BCUT2D eigenvalue weighted by molar-refractivity contribution is -0.145. The van der Waals surface area contributed by atoms with Crippen molar-refractivity contribution in [2.45, 2.75) is 19.4 Å². The van der Waals surface area contributed by atoms with E-state index < -0.39 is 0 Å². The van der Waals surface area contributed by atoms with Gasteiger partial charge in [-0.05, 0) is 6.42 Å². The van der Waals surface area contributed by atoms with Gasteiger partial charge in [0.2, 0.25) is 11.8 Å². The lowest BCUT2D eigenvalue weighted by Crippen LogP contribution is -2.58. The summed E-state index contributed by atoms with van der Waals surface area (Å²) in [6.45, 7) is 3.92. The smallest absolute Gasteiger partial charge is 0.245 e. The number of rotatable bonds is 7. The van der Waals surface area contributed by atoms with Crippen LogP contribution in [0.5, 0.6) is 0 Å². The van der Waals surface area contributed by atoms with Crippen molar-refractivity contribution in [3.8, 4) is 0 Å². The Labute approximate surface area is 101 Å². The fraction of sp³-hybridized carbons (Fsp3) is 0.818. The Kier molecular flexibility index (Phi) is 5.93. The number of amides is 2. The Morgan fingerprint density at radius 2 is 2.12 bits per heavy atom. The van der Waals surface area contributed by atoms with Crippen molar-refractivity contribution in [2.24, 2.45) is 0 Å². The van der Waals surface area contributed by atoms with Crippen molar-refractivity contribution in [3.63, 3.8) is 0 Å². The molecule has 0 aromatic carbocycles. The summed E-state index contributed by atoms with van der Waals surface area (Å²) in [5.74, 6) is -0.129. The Bertz CT molecular complexity index is 270. The summed E-state index contributed by atoms with van der Waals surface area (Å²) in [5, 5.41) is 2.67. The minimum Gasteiger partial charge on any atom is -0.382 e. The number of nitrogens with zero attached hydrogens (tertiary/aromatic N) is 1. The molecule has 1 aliphatic rings. The molecule has 1 fully saturated rings. The van der Waals surface area contributed by atoms with E-state index in [2.05, 4.69) is 5.32 Å². The molecule has 2 amide bonds. The molecular formula is C11H20N2O4. The molecule has 1 rings (SSSR count). The Morgan fingerprint density at radius 1 is 1.35 bits per heavy atom. The van der Waals surface area contributed by atoms with Crippen molar-refractivity contribution in [1.82, 2.24) is 10.2 Å². The maximum atomic E-state index is 11.9. The van der Waals surface area contributed by atoms with Crippen LogP contribution in [-0.2, 0) is 19.1 Å². The number of ether oxygens (including phenoxy) is 2. The Balaban J connectivity index is 2.30. The van der Waals surface area contributed by atoms with Gasteiger partial charge in [0.05, 0.1) is 26.4 Å². The SMILES string of the molecule is CCC1NC(=O)CN(CCOCCOC)C1=O. The van der Waals surface area contributed by atoms with E-state index in [1.165, 1.54) is 0 Å². The minimum absolute atomic E-state index is 0.0255. The fourth-order valence-corrected chi connectivity index (χ4v) is 1.66. The third-order valence-electron chi connectivity index (χ3n) is 2.63. The average Bonchev–Trinajstić information content (AvgIpc) is 2.32. The number of hydrogen-bond acceptors (Lipinski definition) is 4. The lowest BCUT2D eigenvalue weighted by Gasteiger charge is -2.31. The summed E-state index contributed by atoms with van der Waals surface area (Å²) in [4.78, 5) is 24.8. The van der Waals surface area contributed by atoms with Crippen molar-refractivity contribution in [3.05, 3.63) is 0 Å². The molecule has 0 radical (unpaired) electrons. The second-order valence-corrected chi connectivity index (χ2v) is 3.89. The van der Waals surface area contributed by atoms with Crippen LogP contribution >= 0.6 is 0 Å². The van der Waals surface area contributed by atoms with Gasteiger partial charge >= 0.3 is 0 Å². The predicted molar refractivity (Wildman–Crippen MR) is 61.5 cm³/mol. The van der Waals surface area contributed by atoms with Crippen molar-refractivity contribution >= 4 is 11.8 Å². The molecule has 1 saturated heterocycles. The largest absolute Gasteiger partial charge is 0.382 e. The first-order valence-corrected chi connectivity index (χ1v) is 5.83. The van der Waals surface area contributed by atoms with E-state index in [1.807, 2.05) is 6.92 Å². The van der Waals surface area contributed by atoms with E-state index in [-0.39, 0.29) is 24.4 Å². The van der Waals surface area contributed by atoms with E-state index in [0.29, 0.717) is 32.8 Å². The number of methoxy groups -OCH3 is 1. The standard InChI is InChI=1S/C11H20N2O4/c1-3-9-11(15)13(8-10(14)12-9)4-5-17-7-6-16-2/h9H,3-8H2,1-2H3,(H,12,14). The van der Waals surface area contributed by atoms with Crippen molar-refractivity contribution < 1.29 is 19.1 Å². The molecule has 17 heavy (non-hydrogen) atoms. The molecule has 1 unspecified atom stereocenters. The third-order valence-corrected chi connectivity index (χ3v) is 2.63. The molecule has 6 heteroatoms. The number of hydrogen-bond donors (Lipinski definition) is 1. The van der Waals surface area contributed by atoms with Gasteiger partial charge in [-0.25, -0.2) is 0 Å². The molecule has 0 aromatic rings. The highest BCUT2D eigenvalue weighted by molar-refractivity contribution is 5.94. The molecule has 6 nitrogen and oxygen atoms in total. The lowest BCUT2D eigenvalue weighted by atomic mass is 10.1. The highest BCUT2D eigenvalue weighted by Crippen LogP contribution is 2.05. The van der Waals surface area contributed by atoms with Crippen molar-refractivity contribution in [1.29, 1.82) is 0 Å². The Morgan fingerprint density at radius 3 is 2.76 bits per heavy atom. The topological polar surface area (TPSA) is 67.9 Å². The summed E-state index contributed by atoms with van der Waals surface area (Å²) < 4.78 is 10.1. The molecule has 0 aliphatic carbocycles. The molecule has 0 saturated carbocycles. The van der Waals surface area contributed by atoms with Gasteiger partial charge < -0.3 is 19.7 Å². The van der Waals surface area contributed by atoms with Crippen LogP contribution in [0.25, 0.3) is 0 Å². The number of nitrogens with one attached hydrogen (secondary N) is 1. The van der Waals surface area contributed by atoms with Crippen LogP contribution in [0.15, 0.2) is 0 Å². The zero-order chi connectivity index (χ0) is 12.7. The van der Waals surface area contributed by atoms with Crippen LogP contribution in [-0.4, -0.2) is 62.8 Å². The number of carbonyl (C=O) groups is 2. The summed E-state index contributed by atoms with van der Waals surface area (Å²) >= 11 is 0. The maximum absolute atomic E-state index is 11.9. The normalized spacial score (nSPS) is 20.6. The first-order chi connectivity index (χ1) is 8.19. The average molecular weight is 244 g/mol. The van der Waals surface area contributed by atoms with Gasteiger partial charge in [0.25, 0.3) is 0 Å². The van der Waals surface area contributed by atoms with Gasteiger partial charge in [0.15, 0.2) is 0 Å². The molecule has 0 bridgehead atoms. The quantitative estimate of drug-likeness (QED) is 0.606.